The molecule has 6 nitrogen and oxygen atoms in total. The fraction of sp³-hybridized carbons (Fsp3) is 0. The van der Waals surface area contributed by atoms with E-state index in [0.717, 1.165) is 12.4 Å². The van der Waals surface area contributed by atoms with Gasteiger partial charge in [0, 0.05) is 6.20 Å². The summed E-state index contributed by atoms with van der Waals surface area (Å²) < 4.78 is 14.1. The van der Waals surface area contributed by atoms with Gasteiger partial charge in [-0.25, -0.2) is 14.4 Å². The second-order valence-electron chi connectivity index (χ2n) is 2.95. The van der Waals surface area contributed by atoms with Gasteiger partial charge in [-0.05, 0) is 12.1 Å². The zero-order chi connectivity index (χ0) is 11.5. The molecule has 7 heteroatoms. The first-order valence-electron chi connectivity index (χ1n) is 4.35. The van der Waals surface area contributed by atoms with E-state index in [1.165, 1.54) is 4.57 Å². The lowest BCUT2D eigenvalue weighted by molar-refractivity contribution is 0.318. The summed E-state index contributed by atoms with van der Waals surface area (Å²) >= 11 is 0. The molecule has 0 unspecified atom stereocenters. The number of amidine groups is 1. The highest BCUT2D eigenvalue weighted by molar-refractivity contribution is 5.96. The Kier molecular flexibility index (Phi) is 2.50. The van der Waals surface area contributed by atoms with E-state index in [1.807, 2.05) is 0 Å². The van der Waals surface area contributed by atoms with E-state index in [-0.39, 0.29) is 11.8 Å². The van der Waals surface area contributed by atoms with Crippen LogP contribution in [-0.2, 0) is 0 Å². The van der Waals surface area contributed by atoms with Gasteiger partial charge in [0.15, 0.2) is 11.7 Å². The van der Waals surface area contributed by atoms with Crippen LogP contribution in [0.15, 0.2) is 35.9 Å². The van der Waals surface area contributed by atoms with Gasteiger partial charge < -0.3 is 10.9 Å². The second kappa shape index (κ2) is 3.97. The maximum absolute atomic E-state index is 12.6. The van der Waals surface area contributed by atoms with Gasteiger partial charge in [0.2, 0.25) is 5.95 Å². The first-order valence-corrected chi connectivity index (χ1v) is 4.35. The van der Waals surface area contributed by atoms with Crippen LogP contribution < -0.4 is 5.73 Å². The van der Waals surface area contributed by atoms with Crippen LogP contribution in [0.1, 0.15) is 5.69 Å². The fourth-order valence-electron chi connectivity index (χ4n) is 1.25. The van der Waals surface area contributed by atoms with Crippen molar-refractivity contribution in [2.45, 2.75) is 0 Å². The number of aromatic nitrogens is 3. The first-order chi connectivity index (χ1) is 7.72. The standard InChI is InChI=1S/C9H8FN5O/c10-6-4-12-9(13-5-6)15-3-1-2-7(15)8(11)14-16/h1-5,16H,(H2,11,14). The molecule has 2 heterocycles. The Hall–Kier alpha value is -2.44. The minimum absolute atomic E-state index is 0.0714. The highest BCUT2D eigenvalue weighted by Crippen LogP contribution is 2.07. The lowest BCUT2D eigenvalue weighted by Gasteiger charge is -2.05. The number of halogens is 1. The van der Waals surface area contributed by atoms with E-state index < -0.39 is 5.82 Å². The zero-order valence-corrected chi connectivity index (χ0v) is 8.08. The van der Waals surface area contributed by atoms with Gasteiger partial charge in [0.05, 0.1) is 18.1 Å². The van der Waals surface area contributed by atoms with Gasteiger partial charge in [-0.15, -0.1) is 0 Å². The highest BCUT2D eigenvalue weighted by atomic mass is 19.1. The molecule has 16 heavy (non-hydrogen) atoms. The van der Waals surface area contributed by atoms with Crippen molar-refractivity contribution in [1.82, 2.24) is 14.5 Å². The van der Waals surface area contributed by atoms with Gasteiger partial charge in [0.1, 0.15) is 0 Å². The van der Waals surface area contributed by atoms with Gasteiger partial charge in [0.25, 0.3) is 0 Å². The highest BCUT2D eigenvalue weighted by Gasteiger charge is 2.09. The van der Waals surface area contributed by atoms with Crippen LogP contribution in [0.5, 0.6) is 0 Å². The number of oxime groups is 1. The normalized spacial score (nSPS) is 11.7. The number of nitrogens with zero attached hydrogens (tertiary/aromatic N) is 4. The Morgan fingerprint density at radius 3 is 2.75 bits per heavy atom. The number of hydrogen-bond acceptors (Lipinski definition) is 4. The maximum atomic E-state index is 12.6. The van der Waals surface area contributed by atoms with Crippen molar-refractivity contribution >= 4 is 5.84 Å². The molecule has 0 saturated carbocycles. The summed E-state index contributed by atoms with van der Waals surface area (Å²) in [6, 6.07) is 3.31. The lowest BCUT2D eigenvalue weighted by Crippen LogP contribution is -2.18. The van der Waals surface area contributed by atoms with Crippen molar-refractivity contribution in [2.75, 3.05) is 0 Å². The number of rotatable bonds is 2. The van der Waals surface area contributed by atoms with E-state index in [1.54, 1.807) is 18.3 Å². The Morgan fingerprint density at radius 1 is 1.44 bits per heavy atom. The summed E-state index contributed by atoms with van der Waals surface area (Å²) in [6.07, 6.45) is 3.71. The second-order valence-corrected chi connectivity index (χ2v) is 2.95. The third-order valence-corrected chi connectivity index (χ3v) is 1.94. The van der Waals surface area contributed by atoms with E-state index in [4.69, 9.17) is 10.9 Å². The van der Waals surface area contributed by atoms with Crippen LogP contribution in [-0.4, -0.2) is 25.6 Å². The molecular weight excluding hydrogens is 213 g/mol. The van der Waals surface area contributed by atoms with Crippen LogP contribution >= 0.6 is 0 Å². The fourth-order valence-corrected chi connectivity index (χ4v) is 1.25. The average molecular weight is 221 g/mol. The molecular formula is C9H8FN5O. The topological polar surface area (TPSA) is 89.3 Å². The molecule has 2 aromatic rings. The van der Waals surface area contributed by atoms with Crippen molar-refractivity contribution in [1.29, 1.82) is 0 Å². The molecule has 0 amide bonds. The molecule has 2 aromatic heterocycles. The predicted octanol–water partition coefficient (Wildman–Crippen LogP) is 0.501. The van der Waals surface area contributed by atoms with E-state index in [2.05, 4.69) is 15.1 Å². The summed E-state index contributed by atoms with van der Waals surface area (Å²) in [5.41, 5.74) is 5.88. The first kappa shape index (κ1) is 10.1. The Morgan fingerprint density at radius 2 is 2.12 bits per heavy atom. The van der Waals surface area contributed by atoms with Crippen molar-refractivity contribution in [3.05, 3.63) is 42.2 Å². The van der Waals surface area contributed by atoms with Crippen molar-refractivity contribution in [2.24, 2.45) is 10.9 Å². The van der Waals surface area contributed by atoms with Crippen LogP contribution in [0.3, 0.4) is 0 Å². The monoisotopic (exact) mass is 221 g/mol. The summed E-state index contributed by atoms with van der Waals surface area (Å²) in [5, 5.41) is 11.4. The molecule has 0 aliphatic rings. The van der Waals surface area contributed by atoms with Crippen LogP contribution in [0.4, 0.5) is 4.39 Å². The molecule has 0 atom stereocenters. The Balaban J connectivity index is 2.49. The third kappa shape index (κ3) is 1.70. The third-order valence-electron chi connectivity index (χ3n) is 1.94. The largest absolute Gasteiger partial charge is 0.409 e. The van der Waals surface area contributed by atoms with Crippen LogP contribution in [0.2, 0.25) is 0 Å². The number of nitrogens with two attached hydrogens (primary N) is 1. The van der Waals surface area contributed by atoms with E-state index in [9.17, 15) is 4.39 Å². The Labute approximate surface area is 89.9 Å². The van der Waals surface area contributed by atoms with E-state index in [0.29, 0.717) is 5.69 Å². The van der Waals surface area contributed by atoms with Crippen LogP contribution in [0, 0.1) is 5.82 Å². The molecule has 3 N–H and O–H groups in total. The molecule has 0 aliphatic heterocycles. The molecule has 0 fully saturated rings. The minimum Gasteiger partial charge on any atom is -0.409 e. The molecule has 0 aromatic carbocycles. The van der Waals surface area contributed by atoms with Gasteiger partial charge in [-0.1, -0.05) is 5.16 Å². The molecule has 0 aliphatic carbocycles. The zero-order valence-electron chi connectivity index (χ0n) is 8.08. The SMILES string of the molecule is N/C(=N/O)c1cccn1-c1ncc(F)cn1. The minimum atomic E-state index is -0.527. The molecule has 0 saturated heterocycles. The summed E-state index contributed by atoms with van der Waals surface area (Å²) in [6.45, 7) is 0. The molecule has 0 spiro atoms. The number of hydrogen-bond donors (Lipinski definition) is 2. The van der Waals surface area contributed by atoms with Gasteiger partial charge in [-0.2, -0.15) is 0 Å². The summed E-state index contributed by atoms with van der Waals surface area (Å²) in [7, 11) is 0. The smallest absolute Gasteiger partial charge is 0.234 e. The Bertz CT molecular complexity index is 519. The summed E-state index contributed by atoms with van der Waals surface area (Å²) in [4.78, 5) is 7.57. The molecule has 0 bridgehead atoms. The van der Waals surface area contributed by atoms with Crippen molar-refractivity contribution in [3.63, 3.8) is 0 Å². The van der Waals surface area contributed by atoms with Gasteiger partial charge in [-0.3, -0.25) is 4.57 Å². The van der Waals surface area contributed by atoms with Crippen molar-refractivity contribution < 1.29 is 9.60 Å². The summed E-state index contributed by atoms with van der Waals surface area (Å²) in [5.74, 6) is -0.354. The molecule has 82 valence electrons. The van der Waals surface area contributed by atoms with Crippen LogP contribution in [0.25, 0.3) is 5.95 Å². The molecule has 2 rings (SSSR count). The quantitative estimate of drug-likeness (QED) is 0.334. The maximum Gasteiger partial charge on any atom is 0.234 e. The van der Waals surface area contributed by atoms with E-state index >= 15 is 0 Å². The molecule has 0 radical (unpaired) electrons. The van der Waals surface area contributed by atoms with Gasteiger partial charge >= 0.3 is 0 Å². The van der Waals surface area contributed by atoms with Crippen molar-refractivity contribution in [3.8, 4) is 5.95 Å². The average Bonchev–Trinajstić information content (AvgIpc) is 2.78. The lowest BCUT2D eigenvalue weighted by atomic mass is 10.4. The predicted molar refractivity (Wildman–Crippen MR) is 53.8 cm³/mol.